The molecule has 0 saturated heterocycles. The zero-order valence-corrected chi connectivity index (χ0v) is 5.95. The fraction of sp³-hybridized carbons (Fsp3) is 0. The molecular formula is H3MnNiO4P. The molecule has 0 heterocycles. The summed E-state index contributed by atoms with van der Waals surface area (Å²) >= 11 is 0. The average molecular weight is 212 g/mol. The van der Waals surface area contributed by atoms with Gasteiger partial charge in [0.05, 0.1) is 0 Å². The van der Waals surface area contributed by atoms with Gasteiger partial charge in [-0.15, -0.1) is 0 Å². The van der Waals surface area contributed by atoms with Crippen LogP contribution in [0.1, 0.15) is 0 Å². The topological polar surface area (TPSA) is 77.8 Å². The number of hydrogen-bond acceptors (Lipinski definition) is 1. The van der Waals surface area contributed by atoms with Crippen LogP contribution in [-0.2, 0) is 38.1 Å². The van der Waals surface area contributed by atoms with E-state index in [1.54, 1.807) is 0 Å². The largest absolute Gasteiger partial charge is 0.466 e. The van der Waals surface area contributed by atoms with E-state index < -0.39 is 7.82 Å². The third-order valence-corrected chi connectivity index (χ3v) is 0. The van der Waals surface area contributed by atoms with Crippen LogP contribution in [0.2, 0.25) is 0 Å². The van der Waals surface area contributed by atoms with E-state index in [0.29, 0.717) is 0 Å². The van der Waals surface area contributed by atoms with Gasteiger partial charge in [-0.3, -0.25) is 0 Å². The maximum Gasteiger partial charge on any atom is 0.466 e. The molecule has 0 aromatic heterocycles. The summed E-state index contributed by atoms with van der Waals surface area (Å²) in [5, 5.41) is 0. The van der Waals surface area contributed by atoms with E-state index >= 15 is 0 Å². The first-order valence-electron chi connectivity index (χ1n) is 0.783. The molecule has 0 unspecified atom stereocenters. The summed E-state index contributed by atoms with van der Waals surface area (Å²) in [5.74, 6) is 0. The van der Waals surface area contributed by atoms with Crippen molar-refractivity contribution in [3.8, 4) is 0 Å². The molecule has 0 saturated carbocycles. The standard InChI is InChI=1S/Mn.Ni.H3O4P/c;;1-5(2,3)4/h;;(H3,1,2,3,4). The first-order valence-corrected chi connectivity index (χ1v) is 2.35. The van der Waals surface area contributed by atoms with Crippen molar-refractivity contribution < 1.29 is 52.8 Å². The third kappa shape index (κ3) is 148. The Hall–Kier alpha value is 1.12. The summed E-state index contributed by atoms with van der Waals surface area (Å²) in [6.45, 7) is 0. The van der Waals surface area contributed by atoms with Crippen LogP contribution in [0.25, 0.3) is 0 Å². The Bertz CT molecular complexity index is 57.8. The summed E-state index contributed by atoms with van der Waals surface area (Å²) in [5.41, 5.74) is 0. The van der Waals surface area contributed by atoms with Gasteiger partial charge < -0.3 is 14.7 Å². The van der Waals surface area contributed by atoms with Gasteiger partial charge in [0.15, 0.2) is 0 Å². The fourth-order valence-electron chi connectivity index (χ4n) is 0. The molecule has 0 bridgehead atoms. The van der Waals surface area contributed by atoms with Crippen molar-refractivity contribution in [2.75, 3.05) is 0 Å². The van der Waals surface area contributed by atoms with Gasteiger partial charge in [-0.25, -0.2) is 4.57 Å². The smallest absolute Gasteiger partial charge is 0.303 e. The fourth-order valence-corrected chi connectivity index (χ4v) is 0. The van der Waals surface area contributed by atoms with Gasteiger partial charge in [-0.1, -0.05) is 0 Å². The monoisotopic (exact) mass is 211 g/mol. The van der Waals surface area contributed by atoms with E-state index in [1.165, 1.54) is 0 Å². The minimum absolute atomic E-state index is 0. The molecular weight excluding hydrogens is 209 g/mol. The van der Waals surface area contributed by atoms with Crippen molar-refractivity contribution >= 4 is 7.82 Å². The Balaban J connectivity index is -0.0000000800. The maximum atomic E-state index is 8.88. The molecule has 0 aliphatic carbocycles. The van der Waals surface area contributed by atoms with Crippen LogP contribution in [0.4, 0.5) is 0 Å². The number of hydrogen-bond donors (Lipinski definition) is 3. The quantitative estimate of drug-likeness (QED) is 0.357. The zero-order chi connectivity index (χ0) is 4.50. The molecule has 0 fully saturated rings. The van der Waals surface area contributed by atoms with Gasteiger partial charge in [-0.05, 0) is 0 Å². The predicted octanol–water partition coefficient (Wildman–Crippen LogP) is -0.934. The van der Waals surface area contributed by atoms with Crippen molar-refractivity contribution in [3.63, 3.8) is 0 Å². The van der Waals surface area contributed by atoms with Crippen LogP contribution in [0.5, 0.6) is 0 Å². The summed E-state index contributed by atoms with van der Waals surface area (Å²) in [4.78, 5) is 21.6. The van der Waals surface area contributed by atoms with Crippen LogP contribution in [-0.4, -0.2) is 14.7 Å². The molecule has 4 nitrogen and oxygen atoms in total. The summed E-state index contributed by atoms with van der Waals surface area (Å²) in [6.07, 6.45) is 0. The van der Waals surface area contributed by atoms with Gasteiger partial charge in [0.25, 0.3) is 0 Å². The average Bonchev–Trinajstić information content (AvgIpc) is 0.722. The molecule has 1 radical (unpaired) electrons. The Labute approximate surface area is 60.9 Å². The van der Waals surface area contributed by atoms with Crippen molar-refractivity contribution in [2.45, 2.75) is 0 Å². The maximum absolute atomic E-state index is 8.88. The van der Waals surface area contributed by atoms with Gasteiger partial charge in [0, 0.05) is 33.6 Å². The SMILES string of the molecule is O=P(O)(O)O.[Mn].[Ni]. The first kappa shape index (κ1) is 15.7. The van der Waals surface area contributed by atoms with E-state index in [2.05, 4.69) is 0 Å². The molecule has 0 aliphatic rings. The van der Waals surface area contributed by atoms with Gasteiger partial charge in [-0.2, -0.15) is 0 Å². The molecule has 7 heteroatoms. The number of phosphoric acid groups is 1. The molecule has 49 valence electrons. The summed E-state index contributed by atoms with van der Waals surface area (Å²) < 4.78 is 8.88. The van der Waals surface area contributed by atoms with Crippen molar-refractivity contribution in [3.05, 3.63) is 0 Å². The van der Waals surface area contributed by atoms with E-state index in [9.17, 15) is 0 Å². The molecule has 0 atom stereocenters. The van der Waals surface area contributed by atoms with Crippen LogP contribution < -0.4 is 0 Å². The molecule has 0 spiro atoms. The normalized spacial score (nSPS) is 8.43. The molecule has 0 rings (SSSR count). The zero-order valence-electron chi connectivity index (χ0n) is 2.89. The van der Waals surface area contributed by atoms with E-state index in [4.69, 9.17) is 19.2 Å². The van der Waals surface area contributed by atoms with E-state index in [1.807, 2.05) is 0 Å². The van der Waals surface area contributed by atoms with E-state index in [0.717, 1.165) is 0 Å². The predicted molar refractivity (Wildman–Crippen MR) is 14.3 cm³/mol. The van der Waals surface area contributed by atoms with Gasteiger partial charge >= 0.3 is 7.82 Å². The minimum Gasteiger partial charge on any atom is -0.303 e. The third-order valence-electron chi connectivity index (χ3n) is 0. The number of rotatable bonds is 0. The van der Waals surface area contributed by atoms with Gasteiger partial charge in [0.2, 0.25) is 0 Å². The van der Waals surface area contributed by atoms with Crippen LogP contribution in [0, 0.1) is 0 Å². The molecule has 7 heavy (non-hydrogen) atoms. The van der Waals surface area contributed by atoms with Crippen LogP contribution >= 0.6 is 7.82 Å². The Morgan fingerprint density at radius 1 is 1.14 bits per heavy atom. The second-order valence-electron chi connectivity index (χ2n) is 0.513. The first-order chi connectivity index (χ1) is 2.00. The Morgan fingerprint density at radius 3 is 1.14 bits per heavy atom. The van der Waals surface area contributed by atoms with Crippen molar-refractivity contribution in [1.82, 2.24) is 0 Å². The van der Waals surface area contributed by atoms with Crippen molar-refractivity contribution in [2.24, 2.45) is 0 Å². The molecule has 0 aliphatic heterocycles. The van der Waals surface area contributed by atoms with Crippen LogP contribution in [0.15, 0.2) is 0 Å². The minimum atomic E-state index is -4.64. The molecule has 0 amide bonds. The molecule has 3 N–H and O–H groups in total. The molecule has 0 aromatic carbocycles. The van der Waals surface area contributed by atoms with Crippen molar-refractivity contribution in [1.29, 1.82) is 0 Å². The summed E-state index contributed by atoms with van der Waals surface area (Å²) in [7, 11) is -4.64. The Kier molecular flexibility index (Phi) is 11.8. The van der Waals surface area contributed by atoms with Gasteiger partial charge in [0.1, 0.15) is 0 Å². The second-order valence-corrected chi connectivity index (χ2v) is 1.54. The summed E-state index contributed by atoms with van der Waals surface area (Å²) in [6, 6.07) is 0. The second kappa shape index (κ2) is 5.26. The van der Waals surface area contributed by atoms with E-state index in [-0.39, 0.29) is 33.6 Å². The van der Waals surface area contributed by atoms with Crippen LogP contribution in [0.3, 0.4) is 0 Å². The molecule has 0 aromatic rings. The Morgan fingerprint density at radius 2 is 1.14 bits per heavy atom.